The maximum absolute atomic E-state index is 12.4. The zero-order chi connectivity index (χ0) is 17.3. The fourth-order valence-corrected chi connectivity index (χ4v) is 4.45. The van der Waals surface area contributed by atoms with Gasteiger partial charge in [0, 0.05) is 7.05 Å². The second-order valence-corrected chi connectivity index (χ2v) is 7.44. The van der Waals surface area contributed by atoms with E-state index in [1.807, 2.05) is 0 Å². The quantitative estimate of drug-likeness (QED) is 0.889. The molecule has 1 fully saturated rings. The van der Waals surface area contributed by atoms with Gasteiger partial charge in [-0.05, 0) is 31.2 Å². The van der Waals surface area contributed by atoms with Crippen molar-refractivity contribution in [3.8, 4) is 0 Å². The maximum Gasteiger partial charge on any atom is 0.261 e. The molecule has 0 aliphatic heterocycles. The summed E-state index contributed by atoms with van der Waals surface area (Å²) in [4.78, 5) is 32.7. The monoisotopic (exact) mass is 349 g/mol. The summed E-state index contributed by atoms with van der Waals surface area (Å²) in [5.74, 6) is 0.872. The predicted octanol–water partition coefficient (Wildman–Crippen LogP) is 2.75. The highest BCUT2D eigenvalue weighted by molar-refractivity contribution is 7.20. The first-order valence-electron chi connectivity index (χ1n) is 8.37. The molecule has 3 rings (SSSR count). The maximum atomic E-state index is 12.4. The van der Waals surface area contributed by atoms with Gasteiger partial charge in [-0.3, -0.25) is 9.59 Å². The Kier molecular flexibility index (Phi) is 5.01. The summed E-state index contributed by atoms with van der Waals surface area (Å²) >= 11 is 1.25. The normalized spacial score (nSPS) is 21.1. The zero-order valence-corrected chi connectivity index (χ0v) is 15.1. The summed E-state index contributed by atoms with van der Waals surface area (Å²) in [6.07, 6.45) is 4.93. The summed E-state index contributed by atoms with van der Waals surface area (Å²) in [5.41, 5.74) is 0.468. The highest BCUT2D eigenvalue weighted by atomic mass is 32.1. The molecular formula is C17H23N3O3S. The lowest BCUT2D eigenvalue weighted by Crippen LogP contribution is -2.26. The Morgan fingerprint density at radius 1 is 1.42 bits per heavy atom. The zero-order valence-electron chi connectivity index (χ0n) is 14.3. The number of aromatic amines is 1. The number of aromatic nitrogens is 2. The van der Waals surface area contributed by atoms with Crippen molar-refractivity contribution in [1.82, 2.24) is 15.3 Å². The summed E-state index contributed by atoms with van der Waals surface area (Å²) < 4.78 is 5.98. The lowest BCUT2D eigenvalue weighted by Gasteiger charge is -2.28. The Bertz CT molecular complexity index is 811. The Hall–Kier alpha value is -1.73. The van der Waals surface area contributed by atoms with E-state index in [0.29, 0.717) is 39.0 Å². The number of amides is 1. The Morgan fingerprint density at radius 2 is 2.17 bits per heavy atom. The fourth-order valence-electron chi connectivity index (χ4n) is 3.30. The number of ether oxygens (including phenoxy) is 1. The van der Waals surface area contributed by atoms with E-state index in [1.54, 1.807) is 14.0 Å². The first kappa shape index (κ1) is 17.1. The molecule has 0 unspecified atom stereocenters. The summed E-state index contributed by atoms with van der Waals surface area (Å²) in [6.45, 7) is 4.29. The first-order chi connectivity index (χ1) is 11.5. The van der Waals surface area contributed by atoms with Crippen LogP contribution in [-0.4, -0.2) is 29.0 Å². The van der Waals surface area contributed by atoms with Gasteiger partial charge in [0.25, 0.3) is 11.5 Å². The van der Waals surface area contributed by atoms with Gasteiger partial charge in [-0.1, -0.05) is 19.8 Å². The van der Waals surface area contributed by atoms with E-state index in [4.69, 9.17) is 4.74 Å². The number of nitrogens with zero attached hydrogens (tertiary/aromatic N) is 1. The van der Waals surface area contributed by atoms with Crippen molar-refractivity contribution in [2.45, 2.75) is 52.2 Å². The lowest BCUT2D eigenvalue weighted by atomic mass is 9.88. The van der Waals surface area contributed by atoms with Gasteiger partial charge >= 0.3 is 0 Å². The predicted molar refractivity (Wildman–Crippen MR) is 94.6 cm³/mol. The molecule has 6 nitrogen and oxygen atoms in total. The fraction of sp³-hybridized carbons (Fsp3) is 0.588. The van der Waals surface area contributed by atoms with Crippen molar-refractivity contribution >= 4 is 27.5 Å². The van der Waals surface area contributed by atoms with Gasteiger partial charge in [-0.2, -0.15) is 0 Å². The molecule has 1 aliphatic rings. The van der Waals surface area contributed by atoms with Crippen molar-refractivity contribution in [2.24, 2.45) is 5.92 Å². The molecule has 0 spiro atoms. The number of H-pyrrole nitrogens is 1. The van der Waals surface area contributed by atoms with Gasteiger partial charge in [-0.15, -0.1) is 11.3 Å². The molecule has 2 atom stereocenters. The van der Waals surface area contributed by atoms with Crippen LogP contribution in [0.3, 0.4) is 0 Å². The van der Waals surface area contributed by atoms with E-state index >= 15 is 0 Å². The van der Waals surface area contributed by atoms with Crippen molar-refractivity contribution in [3.63, 3.8) is 0 Å². The molecule has 2 heterocycles. The molecule has 2 aromatic heterocycles. The molecule has 0 radical (unpaired) electrons. The number of hydrogen-bond donors (Lipinski definition) is 2. The second-order valence-electron chi connectivity index (χ2n) is 6.44. The average molecular weight is 349 g/mol. The number of rotatable bonds is 4. The first-order valence-corrected chi connectivity index (χ1v) is 9.19. The number of aryl methyl sites for hydroxylation is 1. The van der Waals surface area contributed by atoms with Crippen molar-refractivity contribution in [3.05, 3.63) is 26.6 Å². The summed E-state index contributed by atoms with van der Waals surface area (Å²) in [5, 5.41) is 3.09. The van der Waals surface area contributed by atoms with Crippen molar-refractivity contribution in [1.29, 1.82) is 0 Å². The largest absolute Gasteiger partial charge is 0.370 e. The molecule has 0 saturated heterocycles. The molecule has 1 amide bonds. The van der Waals surface area contributed by atoms with Crippen LogP contribution >= 0.6 is 11.3 Å². The minimum atomic E-state index is -0.209. The highest BCUT2D eigenvalue weighted by Gasteiger charge is 2.23. The van der Waals surface area contributed by atoms with Gasteiger partial charge in [0.15, 0.2) is 0 Å². The summed E-state index contributed by atoms with van der Waals surface area (Å²) in [6, 6.07) is 0. The van der Waals surface area contributed by atoms with E-state index in [-0.39, 0.29) is 17.6 Å². The molecule has 7 heteroatoms. The van der Waals surface area contributed by atoms with Gasteiger partial charge in [-0.25, -0.2) is 4.98 Å². The van der Waals surface area contributed by atoms with E-state index in [2.05, 4.69) is 22.2 Å². The van der Waals surface area contributed by atoms with Crippen LogP contribution in [0.25, 0.3) is 10.2 Å². The van der Waals surface area contributed by atoms with E-state index < -0.39 is 0 Å². The molecule has 130 valence electrons. The Labute approximate surface area is 144 Å². The Morgan fingerprint density at radius 3 is 2.88 bits per heavy atom. The van der Waals surface area contributed by atoms with E-state index in [0.717, 1.165) is 6.42 Å². The second kappa shape index (κ2) is 7.03. The molecule has 1 aliphatic carbocycles. The van der Waals surface area contributed by atoms with Gasteiger partial charge in [0.2, 0.25) is 0 Å². The number of fused-ring (bicyclic) bond motifs is 1. The van der Waals surface area contributed by atoms with Crippen LogP contribution in [0.15, 0.2) is 4.79 Å². The molecule has 24 heavy (non-hydrogen) atoms. The van der Waals surface area contributed by atoms with Crippen molar-refractivity contribution < 1.29 is 9.53 Å². The van der Waals surface area contributed by atoms with Gasteiger partial charge < -0.3 is 15.0 Å². The smallest absolute Gasteiger partial charge is 0.261 e. The lowest BCUT2D eigenvalue weighted by molar-refractivity contribution is -0.0181. The Balaban J connectivity index is 1.85. The molecule has 0 bridgehead atoms. The van der Waals surface area contributed by atoms with Crippen LogP contribution in [0.5, 0.6) is 0 Å². The molecule has 1 saturated carbocycles. The average Bonchev–Trinajstić information content (AvgIpc) is 2.90. The minimum Gasteiger partial charge on any atom is -0.370 e. The van der Waals surface area contributed by atoms with Crippen LogP contribution in [0.1, 0.15) is 53.7 Å². The number of carbonyl (C=O) groups is 1. The summed E-state index contributed by atoms with van der Waals surface area (Å²) in [7, 11) is 1.58. The van der Waals surface area contributed by atoms with Crippen molar-refractivity contribution in [2.75, 3.05) is 7.05 Å². The standard InChI is InChI=1S/C17H23N3O3S/c1-9-6-4-5-7-11(9)23-8-12-19-15(21)13-10(2)14(16(22)18-3)24-17(13)20-12/h9,11H,4-8H2,1-3H3,(H,18,22)(H,19,20,21)/t9-,11+/m1/s1. The highest BCUT2D eigenvalue weighted by Crippen LogP contribution is 2.28. The van der Waals surface area contributed by atoms with E-state index in [9.17, 15) is 9.59 Å². The van der Waals surface area contributed by atoms with Crippen LogP contribution in [0.2, 0.25) is 0 Å². The van der Waals surface area contributed by atoms with Gasteiger partial charge in [0.05, 0.1) is 16.4 Å². The van der Waals surface area contributed by atoms with Crippen LogP contribution < -0.4 is 10.9 Å². The molecule has 2 aromatic rings. The topological polar surface area (TPSA) is 84.1 Å². The van der Waals surface area contributed by atoms with Crippen LogP contribution in [0.4, 0.5) is 0 Å². The number of hydrogen-bond acceptors (Lipinski definition) is 5. The molecule has 2 N–H and O–H groups in total. The van der Waals surface area contributed by atoms with Crippen LogP contribution in [0, 0.1) is 12.8 Å². The third kappa shape index (κ3) is 3.23. The molecule has 0 aromatic carbocycles. The molecular weight excluding hydrogens is 326 g/mol. The number of thiophene rings is 1. The van der Waals surface area contributed by atoms with Crippen LogP contribution in [-0.2, 0) is 11.3 Å². The SMILES string of the molecule is CNC(=O)c1sc2nc(CO[C@H]3CCCC[C@H]3C)[nH]c(=O)c2c1C. The minimum absolute atomic E-state index is 0.191. The third-order valence-electron chi connectivity index (χ3n) is 4.75. The van der Waals surface area contributed by atoms with Gasteiger partial charge in [0.1, 0.15) is 17.3 Å². The third-order valence-corrected chi connectivity index (χ3v) is 5.93. The number of nitrogens with one attached hydrogen (secondary N) is 2. The number of carbonyl (C=O) groups excluding carboxylic acids is 1. The van der Waals surface area contributed by atoms with E-state index in [1.165, 1.54) is 30.6 Å².